The van der Waals surface area contributed by atoms with Gasteiger partial charge < -0.3 is 10.1 Å². The van der Waals surface area contributed by atoms with Crippen molar-refractivity contribution >= 4 is 23.2 Å². The number of nitrogens with one attached hydrogen (secondary N) is 2. The molecule has 132 valence electrons. The number of benzene rings is 2. The molecule has 5 heteroatoms. The van der Waals surface area contributed by atoms with Gasteiger partial charge in [-0.15, -0.1) is 0 Å². The fourth-order valence-electron chi connectivity index (χ4n) is 2.92. The molecular formula is C20H23ClN2O2. The molecule has 0 spiro atoms. The number of hydrogen-bond donors (Lipinski definition) is 2. The molecule has 0 radical (unpaired) electrons. The summed E-state index contributed by atoms with van der Waals surface area (Å²) in [5, 5.41) is 6.91. The number of rotatable bonds is 7. The molecule has 2 aromatic carbocycles. The highest BCUT2D eigenvalue weighted by Crippen LogP contribution is 2.34. The van der Waals surface area contributed by atoms with Crippen molar-refractivity contribution in [3.8, 4) is 5.75 Å². The summed E-state index contributed by atoms with van der Waals surface area (Å²) < 4.78 is 5.15. The predicted octanol–water partition coefficient (Wildman–Crippen LogP) is 4.42. The number of anilines is 1. The standard InChI is InChI=1S/C20H23ClN2O2/c1-13(14-8-9-14)22-19(15-6-4-3-5-7-15)20(24)23-16-10-11-18(25-2)17(21)12-16/h3-7,10-14,19,22H,8-9H2,1-2H3,(H,23,24)/t13-,19-/m0/s1. The van der Waals surface area contributed by atoms with Crippen LogP contribution < -0.4 is 15.4 Å². The van der Waals surface area contributed by atoms with Crippen LogP contribution in [0.2, 0.25) is 5.02 Å². The van der Waals surface area contributed by atoms with E-state index in [9.17, 15) is 4.79 Å². The third-order valence-electron chi connectivity index (χ3n) is 4.57. The van der Waals surface area contributed by atoms with Crippen LogP contribution in [0.25, 0.3) is 0 Å². The summed E-state index contributed by atoms with van der Waals surface area (Å²) in [5.74, 6) is 1.15. The van der Waals surface area contributed by atoms with Crippen LogP contribution in [-0.4, -0.2) is 19.1 Å². The van der Waals surface area contributed by atoms with Gasteiger partial charge in [-0.25, -0.2) is 0 Å². The van der Waals surface area contributed by atoms with Gasteiger partial charge in [0, 0.05) is 11.7 Å². The predicted molar refractivity (Wildman–Crippen MR) is 101 cm³/mol. The maximum atomic E-state index is 12.9. The van der Waals surface area contributed by atoms with Crippen LogP contribution in [0.3, 0.4) is 0 Å². The molecule has 1 amide bonds. The Balaban J connectivity index is 1.77. The van der Waals surface area contributed by atoms with Gasteiger partial charge >= 0.3 is 0 Å². The van der Waals surface area contributed by atoms with Crippen molar-refractivity contribution < 1.29 is 9.53 Å². The number of ether oxygens (including phenoxy) is 1. The maximum absolute atomic E-state index is 12.9. The summed E-state index contributed by atoms with van der Waals surface area (Å²) in [6, 6.07) is 14.9. The Bertz CT molecular complexity index is 732. The van der Waals surface area contributed by atoms with Crippen LogP contribution in [0.4, 0.5) is 5.69 Å². The highest BCUT2D eigenvalue weighted by molar-refractivity contribution is 6.32. The van der Waals surface area contributed by atoms with E-state index in [1.54, 1.807) is 25.3 Å². The number of amides is 1. The smallest absolute Gasteiger partial charge is 0.246 e. The van der Waals surface area contributed by atoms with E-state index in [2.05, 4.69) is 17.6 Å². The summed E-state index contributed by atoms with van der Waals surface area (Å²) in [6.07, 6.45) is 2.46. The molecule has 0 heterocycles. The topological polar surface area (TPSA) is 50.4 Å². The van der Waals surface area contributed by atoms with E-state index in [-0.39, 0.29) is 5.91 Å². The fraction of sp³-hybridized carbons (Fsp3) is 0.350. The van der Waals surface area contributed by atoms with Crippen molar-refractivity contribution in [1.82, 2.24) is 5.32 Å². The minimum Gasteiger partial charge on any atom is -0.495 e. The molecule has 1 aliphatic carbocycles. The van der Waals surface area contributed by atoms with E-state index in [4.69, 9.17) is 16.3 Å². The maximum Gasteiger partial charge on any atom is 0.246 e. The molecule has 1 saturated carbocycles. The number of methoxy groups -OCH3 is 1. The summed E-state index contributed by atoms with van der Waals surface area (Å²) >= 11 is 6.15. The van der Waals surface area contributed by atoms with Crippen LogP contribution in [0, 0.1) is 5.92 Å². The van der Waals surface area contributed by atoms with Crippen molar-refractivity contribution in [3.05, 3.63) is 59.1 Å². The first-order valence-electron chi connectivity index (χ1n) is 8.54. The quantitative estimate of drug-likeness (QED) is 0.770. The highest BCUT2D eigenvalue weighted by atomic mass is 35.5. The van der Waals surface area contributed by atoms with Crippen LogP contribution in [-0.2, 0) is 4.79 Å². The number of hydrogen-bond acceptors (Lipinski definition) is 3. The Morgan fingerprint density at radius 2 is 1.92 bits per heavy atom. The van der Waals surface area contributed by atoms with E-state index in [1.165, 1.54) is 12.8 Å². The molecule has 3 rings (SSSR count). The lowest BCUT2D eigenvalue weighted by molar-refractivity contribution is -0.118. The van der Waals surface area contributed by atoms with Gasteiger partial charge in [0.1, 0.15) is 11.8 Å². The Morgan fingerprint density at radius 1 is 1.20 bits per heavy atom. The summed E-state index contributed by atoms with van der Waals surface area (Å²) in [4.78, 5) is 12.9. The zero-order valence-electron chi connectivity index (χ0n) is 14.5. The van der Waals surface area contributed by atoms with Crippen molar-refractivity contribution in [3.63, 3.8) is 0 Å². The van der Waals surface area contributed by atoms with Crippen molar-refractivity contribution in [1.29, 1.82) is 0 Å². The lowest BCUT2D eigenvalue weighted by Gasteiger charge is -2.23. The molecule has 2 N–H and O–H groups in total. The fourth-order valence-corrected chi connectivity index (χ4v) is 3.18. The molecular weight excluding hydrogens is 336 g/mol. The van der Waals surface area contributed by atoms with Gasteiger partial charge in [-0.1, -0.05) is 41.9 Å². The van der Waals surface area contributed by atoms with Gasteiger partial charge in [0.15, 0.2) is 0 Å². The van der Waals surface area contributed by atoms with Crippen LogP contribution in [0.1, 0.15) is 31.4 Å². The average molecular weight is 359 g/mol. The molecule has 0 aromatic heterocycles. The number of carbonyl (C=O) groups excluding carboxylic acids is 1. The molecule has 0 unspecified atom stereocenters. The first-order valence-corrected chi connectivity index (χ1v) is 8.91. The van der Waals surface area contributed by atoms with Crippen molar-refractivity contribution in [2.24, 2.45) is 5.92 Å². The van der Waals surface area contributed by atoms with Gasteiger partial charge in [-0.3, -0.25) is 10.1 Å². The molecule has 4 nitrogen and oxygen atoms in total. The molecule has 25 heavy (non-hydrogen) atoms. The molecule has 0 saturated heterocycles. The minimum absolute atomic E-state index is 0.0973. The van der Waals surface area contributed by atoms with E-state index < -0.39 is 6.04 Å². The molecule has 1 aliphatic rings. The summed E-state index contributed by atoms with van der Waals surface area (Å²) in [7, 11) is 1.56. The third-order valence-corrected chi connectivity index (χ3v) is 4.87. The third kappa shape index (κ3) is 4.53. The average Bonchev–Trinajstić information content (AvgIpc) is 3.45. The SMILES string of the molecule is COc1ccc(NC(=O)[C@@H](N[C@@H](C)C2CC2)c2ccccc2)cc1Cl. The Labute approximate surface area is 153 Å². The van der Waals surface area contributed by atoms with Gasteiger partial charge in [0.05, 0.1) is 12.1 Å². The molecule has 0 aliphatic heterocycles. The van der Waals surface area contributed by atoms with E-state index in [0.29, 0.717) is 28.4 Å². The van der Waals surface area contributed by atoms with Crippen molar-refractivity contribution in [2.75, 3.05) is 12.4 Å². The highest BCUT2D eigenvalue weighted by Gasteiger charge is 2.31. The number of halogens is 1. The van der Waals surface area contributed by atoms with Crippen LogP contribution in [0.15, 0.2) is 48.5 Å². The summed E-state index contributed by atoms with van der Waals surface area (Å²) in [6.45, 7) is 2.14. The number of carbonyl (C=O) groups is 1. The summed E-state index contributed by atoms with van der Waals surface area (Å²) in [5.41, 5.74) is 1.60. The first kappa shape index (κ1) is 17.8. The molecule has 0 bridgehead atoms. The zero-order chi connectivity index (χ0) is 17.8. The largest absolute Gasteiger partial charge is 0.495 e. The van der Waals surface area contributed by atoms with Gasteiger partial charge in [-0.2, -0.15) is 0 Å². The van der Waals surface area contributed by atoms with E-state index >= 15 is 0 Å². The van der Waals surface area contributed by atoms with Crippen molar-refractivity contribution in [2.45, 2.75) is 31.8 Å². The monoisotopic (exact) mass is 358 g/mol. The first-order chi connectivity index (χ1) is 12.1. The van der Waals surface area contributed by atoms with E-state index in [1.807, 2.05) is 30.3 Å². The minimum atomic E-state index is -0.405. The molecule has 2 atom stereocenters. The lowest BCUT2D eigenvalue weighted by Crippen LogP contribution is -2.39. The normalized spacial score (nSPS) is 16.1. The van der Waals surface area contributed by atoms with Gasteiger partial charge in [-0.05, 0) is 49.4 Å². The van der Waals surface area contributed by atoms with Crippen LogP contribution >= 0.6 is 11.6 Å². The lowest BCUT2D eigenvalue weighted by atomic mass is 10.0. The Kier molecular flexibility index (Phi) is 5.61. The Hall–Kier alpha value is -2.04. The molecule has 2 aromatic rings. The Morgan fingerprint density at radius 3 is 2.52 bits per heavy atom. The second kappa shape index (κ2) is 7.89. The zero-order valence-corrected chi connectivity index (χ0v) is 15.2. The van der Waals surface area contributed by atoms with Gasteiger partial charge in [0.2, 0.25) is 5.91 Å². The van der Waals surface area contributed by atoms with E-state index in [0.717, 1.165) is 5.56 Å². The second-order valence-corrected chi connectivity index (χ2v) is 6.88. The molecule has 1 fully saturated rings. The van der Waals surface area contributed by atoms with Gasteiger partial charge in [0.25, 0.3) is 0 Å². The second-order valence-electron chi connectivity index (χ2n) is 6.48. The van der Waals surface area contributed by atoms with Crippen LogP contribution in [0.5, 0.6) is 5.75 Å².